The Morgan fingerprint density at radius 1 is 1.04 bits per heavy atom. The van der Waals surface area contributed by atoms with E-state index in [1.807, 2.05) is 0 Å². The molecule has 0 atom stereocenters. The molecule has 2 aromatic rings. The van der Waals surface area contributed by atoms with E-state index in [-0.39, 0.29) is 0 Å². The summed E-state index contributed by atoms with van der Waals surface area (Å²) in [5.74, 6) is -0.600. The quantitative estimate of drug-likeness (QED) is 0.486. The van der Waals surface area contributed by atoms with Crippen LogP contribution in [0.1, 0.15) is 5.56 Å². The van der Waals surface area contributed by atoms with Crippen molar-refractivity contribution in [3.05, 3.63) is 53.1 Å². The highest BCUT2D eigenvalue weighted by molar-refractivity contribution is 6.40. The van der Waals surface area contributed by atoms with Gasteiger partial charge in [0.2, 0.25) is 0 Å². The van der Waals surface area contributed by atoms with Crippen LogP contribution in [0.2, 0.25) is 5.02 Å². The van der Waals surface area contributed by atoms with Crippen LogP contribution in [0.25, 0.3) is 0 Å². The summed E-state index contributed by atoms with van der Waals surface area (Å²) in [6.07, 6.45) is 1.41. The Kier molecular flexibility index (Phi) is 6.36. The fourth-order valence-corrected chi connectivity index (χ4v) is 2.10. The largest absolute Gasteiger partial charge is 0.497 e. The first kappa shape index (κ1) is 18.3. The first-order chi connectivity index (χ1) is 12.0. The van der Waals surface area contributed by atoms with Gasteiger partial charge in [-0.1, -0.05) is 11.6 Å². The molecule has 0 aliphatic carbocycles. The molecule has 0 fully saturated rings. The van der Waals surface area contributed by atoms with Gasteiger partial charge in [0.25, 0.3) is 0 Å². The number of rotatable bonds is 5. The van der Waals surface area contributed by atoms with Crippen molar-refractivity contribution < 1.29 is 19.1 Å². The zero-order chi connectivity index (χ0) is 18.2. The predicted molar refractivity (Wildman–Crippen MR) is 95.4 cm³/mol. The SMILES string of the molecule is COc1ccc(/C=N\NC(=O)C(=O)Nc2ccc(OC)c(Cl)c2)cc1. The molecule has 2 rings (SSSR count). The molecule has 0 aromatic heterocycles. The van der Waals surface area contributed by atoms with Gasteiger partial charge in [-0.2, -0.15) is 5.10 Å². The van der Waals surface area contributed by atoms with Gasteiger partial charge in [0.1, 0.15) is 11.5 Å². The van der Waals surface area contributed by atoms with E-state index in [4.69, 9.17) is 21.1 Å². The molecular formula is C17H16ClN3O4. The van der Waals surface area contributed by atoms with Crippen LogP contribution in [0.4, 0.5) is 5.69 Å². The molecule has 0 spiro atoms. The molecule has 8 heteroatoms. The predicted octanol–water partition coefficient (Wildman–Crippen LogP) is 2.45. The summed E-state index contributed by atoms with van der Waals surface area (Å²) in [6, 6.07) is 11.6. The molecule has 0 radical (unpaired) electrons. The number of hydrogen-bond donors (Lipinski definition) is 2. The summed E-state index contributed by atoms with van der Waals surface area (Å²) in [6.45, 7) is 0. The van der Waals surface area contributed by atoms with Crippen molar-refractivity contribution in [2.24, 2.45) is 5.10 Å². The lowest BCUT2D eigenvalue weighted by atomic mass is 10.2. The summed E-state index contributed by atoms with van der Waals surface area (Å²) in [7, 11) is 3.05. The monoisotopic (exact) mass is 361 g/mol. The molecule has 0 aliphatic heterocycles. The number of benzene rings is 2. The Morgan fingerprint density at radius 2 is 1.76 bits per heavy atom. The Balaban J connectivity index is 1.90. The number of ether oxygens (including phenoxy) is 2. The molecule has 2 N–H and O–H groups in total. The number of halogens is 1. The maximum absolute atomic E-state index is 11.8. The molecular weight excluding hydrogens is 346 g/mol. The smallest absolute Gasteiger partial charge is 0.329 e. The number of amides is 2. The standard InChI is InChI=1S/C17H16ClN3O4/c1-24-13-6-3-11(4-7-13)10-19-21-17(23)16(22)20-12-5-8-15(25-2)14(18)9-12/h3-10H,1-2H3,(H,20,22)(H,21,23)/b19-10-. The normalized spacial score (nSPS) is 10.4. The van der Waals surface area contributed by atoms with Crippen molar-refractivity contribution in [2.45, 2.75) is 0 Å². The third kappa shape index (κ3) is 5.22. The van der Waals surface area contributed by atoms with Gasteiger partial charge in [-0.25, -0.2) is 5.43 Å². The van der Waals surface area contributed by atoms with Crippen molar-refractivity contribution in [3.63, 3.8) is 0 Å². The summed E-state index contributed by atoms with van der Waals surface area (Å²) >= 11 is 5.96. The zero-order valence-corrected chi connectivity index (χ0v) is 14.3. The maximum Gasteiger partial charge on any atom is 0.329 e. The molecule has 0 heterocycles. The number of nitrogens with one attached hydrogen (secondary N) is 2. The molecule has 2 aromatic carbocycles. The van der Waals surface area contributed by atoms with E-state index < -0.39 is 11.8 Å². The number of methoxy groups -OCH3 is 2. The van der Waals surface area contributed by atoms with Crippen molar-refractivity contribution in [2.75, 3.05) is 19.5 Å². The number of carbonyl (C=O) groups excluding carboxylic acids is 2. The van der Waals surface area contributed by atoms with E-state index in [1.54, 1.807) is 43.5 Å². The Hall–Kier alpha value is -3.06. The Labute approximate surface area is 149 Å². The van der Waals surface area contributed by atoms with Gasteiger partial charge < -0.3 is 14.8 Å². The molecule has 130 valence electrons. The molecule has 0 aliphatic rings. The molecule has 0 unspecified atom stereocenters. The molecule has 0 saturated heterocycles. The minimum absolute atomic E-state index is 0.318. The lowest BCUT2D eigenvalue weighted by Gasteiger charge is -2.07. The average Bonchev–Trinajstić information content (AvgIpc) is 2.62. The lowest BCUT2D eigenvalue weighted by molar-refractivity contribution is -0.136. The molecule has 2 amide bonds. The van der Waals surface area contributed by atoms with Crippen LogP contribution in [0.3, 0.4) is 0 Å². The van der Waals surface area contributed by atoms with E-state index in [0.717, 1.165) is 5.56 Å². The van der Waals surface area contributed by atoms with Gasteiger partial charge in [-0.15, -0.1) is 0 Å². The molecule has 0 saturated carbocycles. The minimum atomic E-state index is -0.906. The molecule has 0 bridgehead atoms. The van der Waals surface area contributed by atoms with Gasteiger partial charge in [0.05, 0.1) is 25.5 Å². The van der Waals surface area contributed by atoms with Crippen LogP contribution >= 0.6 is 11.6 Å². The van der Waals surface area contributed by atoms with E-state index in [2.05, 4.69) is 15.8 Å². The van der Waals surface area contributed by atoms with Crippen molar-refractivity contribution in [1.82, 2.24) is 5.43 Å². The Morgan fingerprint density at radius 3 is 2.36 bits per heavy atom. The highest BCUT2D eigenvalue weighted by atomic mass is 35.5. The first-order valence-electron chi connectivity index (χ1n) is 7.15. The van der Waals surface area contributed by atoms with Gasteiger partial charge in [-0.3, -0.25) is 9.59 Å². The fraction of sp³-hybridized carbons (Fsp3) is 0.118. The summed E-state index contributed by atoms with van der Waals surface area (Å²) in [4.78, 5) is 23.5. The third-order valence-corrected chi connectivity index (χ3v) is 3.41. The zero-order valence-electron chi connectivity index (χ0n) is 13.6. The van der Waals surface area contributed by atoms with Gasteiger partial charge >= 0.3 is 11.8 Å². The second-order valence-corrected chi connectivity index (χ2v) is 5.18. The number of anilines is 1. The van der Waals surface area contributed by atoms with E-state index in [9.17, 15) is 9.59 Å². The summed E-state index contributed by atoms with van der Waals surface area (Å²) in [5.41, 5.74) is 3.25. The third-order valence-electron chi connectivity index (χ3n) is 3.11. The summed E-state index contributed by atoms with van der Waals surface area (Å²) in [5, 5.41) is 6.47. The van der Waals surface area contributed by atoms with Crippen LogP contribution in [0, 0.1) is 0 Å². The minimum Gasteiger partial charge on any atom is -0.497 e. The van der Waals surface area contributed by atoms with Crippen molar-refractivity contribution >= 4 is 35.3 Å². The average molecular weight is 362 g/mol. The highest BCUT2D eigenvalue weighted by Gasteiger charge is 2.13. The highest BCUT2D eigenvalue weighted by Crippen LogP contribution is 2.27. The number of hydrazone groups is 1. The van der Waals surface area contributed by atoms with Gasteiger partial charge in [0.15, 0.2) is 0 Å². The van der Waals surface area contributed by atoms with Crippen LogP contribution in [-0.4, -0.2) is 32.2 Å². The van der Waals surface area contributed by atoms with Gasteiger partial charge in [-0.05, 0) is 48.0 Å². The van der Waals surface area contributed by atoms with Crippen LogP contribution in [0.5, 0.6) is 11.5 Å². The second-order valence-electron chi connectivity index (χ2n) is 4.78. The van der Waals surface area contributed by atoms with Gasteiger partial charge in [0, 0.05) is 5.69 Å². The Bertz CT molecular complexity index is 791. The van der Waals surface area contributed by atoms with Crippen LogP contribution in [0.15, 0.2) is 47.6 Å². The molecule has 25 heavy (non-hydrogen) atoms. The van der Waals surface area contributed by atoms with Crippen molar-refractivity contribution in [3.8, 4) is 11.5 Å². The van der Waals surface area contributed by atoms with Crippen LogP contribution < -0.4 is 20.2 Å². The van der Waals surface area contributed by atoms with Crippen LogP contribution in [-0.2, 0) is 9.59 Å². The number of hydrogen-bond acceptors (Lipinski definition) is 5. The van der Waals surface area contributed by atoms with E-state index >= 15 is 0 Å². The number of carbonyl (C=O) groups is 2. The van der Waals surface area contributed by atoms with Crippen molar-refractivity contribution in [1.29, 1.82) is 0 Å². The second kappa shape index (κ2) is 8.70. The first-order valence-corrected chi connectivity index (χ1v) is 7.53. The lowest BCUT2D eigenvalue weighted by Crippen LogP contribution is -2.32. The topological polar surface area (TPSA) is 89.0 Å². The summed E-state index contributed by atoms with van der Waals surface area (Å²) < 4.78 is 10.0. The number of nitrogens with zero attached hydrogens (tertiary/aromatic N) is 1. The maximum atomic E-state index is 11.8. The molecule has 7 nitrogen and oxygen atoms in total. The fourth-order valence-electron chi connectivity index (χ4n) is 1.84. The van der Waals surface area contributed by atoms with E-state index in [1.165, 1.54) is 19.4 Å². The van der Waals surface area contributed by atoms with E-state index in [0.29, 0.717) is 22.2 Å².